The molecule has 0 bridgehead atoms. The molecule has 0 atom stereocenters. The van der Waals surface area contributed by atoms with Crippen molar-refractivity contribution < 1.29 is 21.6 Å². The third-order valence-corrected chi connectivity index (χ3v) is 9.87. The number of benzene rings is 2. The van der Waals surface area contributed by atoms with Crippen LogP contribution in [0.2, 0.25) is 0 Å². The Bertz CT molecular complexity index is 1380. The van der Waals surface area contributed by atoms with E-state index in [0.29, 0.717) is 17.8 Å². The Kier molecular flexibility index (Phi) is 6.63. The van der Waals surface area contributed by atoms with Crippen LogP contribution >= 0.6 is 0 Å². The van der Waals surface area contributed by atoms with Gasteiger partial charge in [0, 0.05) is 34.9 Å². The van der Waals surface area contributed by atoms with E-state index < -0.39 is 20.0 Å². The van der Waals surface area contributed by atoms with Gasteiger partial charge in [0.15, 0.2) is 0 Å². The summed E-state index contributed by atoms with van der Waals surface area (Å²) < 4.78 is 54.9. The van der Waals surface area contributed by atoms with Crippen molar-refractivity contribution in [3.63, 3.8) is 0 Å². The van der Waals surface area contributed by atoms with Gasteiger partial charge in [-0.3, -0.25) is 9.52 Å². The van der Waals surface area contributed by atoms with Crippen molar-refractivity contribution in [2.45, 2.75) is 74.1 Å². The Morgan fingerprint density at radius 3 is 2.36 bits per heavy atom. The Labute approximate surface area is 213 Å². The minimum atomic E-state index is -3.72. The van der Waals surface area contributed by atoms with Gasteiger partial charge in [-0.25, -0.2) is 21.6 Å². The van der Waals surface area contributed by atoms with Gasteiger partial charge in [0.1, 0.15) is 0 Å². The standard InChI is InChI=1S/C26H33N3O5S2/c1-35(31,32)27-21-12-13-24-23(17-21)26(14-5-2-6-15-26)18-29(24)25(30)19-8-7-11-22(16-19)36(33,34)28-20-9-3-4-10-20/h7-8,11-13,16-17,20,27-28H,2-6,9-10,14-15,18H2,1H3. The van der Waals surface area contributed by atoms with Gasteiger partial charge in [0.2, 0.25) is 20.0 Å². The van der Waals surface area contributed by atoms with Crippen molar-refractivity contribution in [2.24, 2.45) is 0 Å². The molecule has 0 saturated heterocycles. The fourth-order valence-electron chi connectivity index (χ4n) is 6.07. The molecule has 2 aromatic carbocycles. The molecule has 0 aromatic heterocycles. The van der Waals surface area contributed by atoms with Crippen molar-refractivity contribution in [1.82, 2.24) is 4.72 Å². The molecule has 3 aliphatic rings. The molecular formula is C26H33N3O5S2. The Morgan fingerprint density at radius 2 is 1.67 bits per heavy atom. The predicted octanol–water partition coefficient (Wildman–Crippen LogP) is 4.14. The van der Waals surface area contributed by atoms with E-state index in [0.717, 1.165) is 75.3 Å². The van der Waals surface area contributed by atoms with E-state index in [9.17, 15) is 21.6 Å². The lowest BCUT2D eigenvalue weighted by molar-refractivity contribution is 0.0982. The molecule has 1 spiro atoms. The van der Waals surface area contributed by atoms with Crippen molar-refractivity contribution >= 4 is 37.3 Å². The first-order valence-corrected chi connectivity index (χ1v) is 16.0. The largest absolute Gasteiger partial charge is 0.307 e. The van der Waals surface area contributed by atoms with Crippen LogP contribution in [0.5, 0.6) is 0 Å². The molecule has 10 heteroatoms. The average molecular weight is 532 g/mol. The zero-order valence-corrected chi connectivity index (χ0v) is 22.1. The molecule has 8 nitrogen and oxygen atoms in total. The smallest absolute Gasteiger partial charge is 0.258 e. The highest BCUT2D eigenvalue weighted by Gasteiger charge is 2.45. The Morgan fingerprint density at radius 1 is 0.944 bits per heavy atom. The SMILES string of the molecule is CS(=O)(=O)Nc1ccc2c(c1)C1(CCCCC1)CN2C(=O)c1cccc(S(=O)(=O)NC2CCCC2)c1. The summed E-state index contributed by atoms with van der Waals surface area (Å²) in [6, 6.07) is 11.5. The van der Waals surface area contributed by atoms with Crippen LogP contribution in [0, 0.1) is 0 Å². The molecule has 2 aliphatic carbocycles. The van der Waals surface area contributed by atoms with Gasteiger partial charge in [-0.1, -0.05) is 38.2 Å². The number of amides is 1. The lowest BCUT2D eigenvalue weighted by atomic mass is 9.70. The zero-order valence-electron chi connectivity index (χ0n) is 20.5. The summed E-state index contributed by atoms with van der Waals surface area (Å²) in [5.74, 6) is -0.250. The number of carbonyl (C=O) groups excluding carboxylic acids is 1. The van der Waals surface area contributed by atoms with Gasteiger partial charge >= 0.3 is 0 Å². The maximum atomic E-state index is 13.8. The van der Waals surface area contributed by atoms with E-state index in [-0.39, 0.29) is 22.3 Å². The number of sulfonamides is 2. The summed E-state index contributed by atoms with van der Waals surface area (Å²) in [5, 5.41) is 0. The van der Waals surface area contributed by atoms with E-state index in [4.69, 9.17) is 0 Å². The topological polar surface area (TPSA) is 113 Å². The van der Waals surface area contributed by atoms with Crippen molar-refractivity contribution in [3.8, 4) is 0 Å². The molecule has 2 fully saturated rings. The minimum absolute atomic E-state index is 0.0549. The van der Waals surface area contributed by atoms with E-state index in [1.165, 1.54) is 12.1 Å². The third kappa shape index (κ3) is 5.03. The molecule has 36 heavy (non-hydrogen) atoms. The molecule has 1 amide bonds. The maximum Gasteiger partial charge on any atom is 0.258 e. The normalized spacial score (nSPS) is 20.0. The number of nitrogens with zero attached hydrogens (tertiary/aromatic N) is 1. The van der Waals surface area contributed by atoms with Gasteiger partial charge in [0.25, 0.3) is 5.91 Å². The van der Waals surface area contributed by atoms with E-state index in [1.807, 2.05) is 6.07 Å². The van der Waals surface area contributed by atoms with Crippen LogP contribution < -0.4 is 14.3 Å². The van der Waals surface area contributed by atoms with Crippen molar-refractivity contribution in [2.75, 3.05) is 22.4 Å². The number of nitrogens with one attached hydrogen (secondary N) is 2. The molecule has 1 heterocycles. The highest BCUT2D eigenvalue weighted by Crippen LogP contribution is 2.50. The Balaban J connectivity index is 1.47. The van der Waals surface area contributed by atoms with Crippen LogP contribution in [0.25, 0.3) is 0 Å². The number of hydrogen-bond donors (Lipinski definition) is 2. The summed E-state index contributed by atoms with van der Waals surface area (Å²) >= 11 is 0. The van der Waals surface area contributed by atoms with E-state index in [1.54, 1.807) is 29.2 Å². The lowest BCUT2D eigenvalue weighted by Crippen LogP contribution is -2.38. The second-order valence-corrected chi connectivity index (χ2v) is 13.9. The highest BCUT2D eigenvalue weighted by atomic mass is 32.2. The van der Waals surface area contributed by atoms with Gasteiger partial charge in [-0.2, -0.15) is 0 Å². The summed E-state index contributed by atoms with van der Waals surface area (Å²) in [5.41, 5.74) is 2.32. The molecule has 1 aliphatic heterocycles. The van der Waals surface area contributed by atoms with Gasteiger partial charge in [-0.15, -0.1) is 0 Å². The average Bonchev–Trinajstić information content (AvgIpc) is 3.44. The first kappa shape index (κ1) is 25.2. The van der Waals surface area contributed by atoms with Gasteiger partial charge < -0.3 is 4.90 Å². The van der Waals surface area contributed by atoms with Crippen LogP contribution in [0.1, 0.15) is 73.7 Å². The Hall–Kier alpha value is -2.43. The van der Waals surface area contributed by atoms with E-state index >= 15 is 0 Å². The minimum Gasteiger partial charge on any atom is -0.307 e. The van der Waals surface area contributed by atoms with Crippen molar-refractivity contribution in [1.29, 1.82) is 0 Å². The second-order valence-electron chi connectivity index (χ2n) is 10.5. The molecule has 2 N–H and O–H groups in total. The van der Waals surface area contributed by atoms with Crippen LogP contribution in [0.15, 0.2) is 47.4 Å². The second kappa shape index (κ2) is 9.46. The van der Waals surface area contributed by atoms with Crippen LogP contribution in [-0.2, 0) is 25.5 Å². The van der Waals surface area contributed by atoms with E-state index in [2.05, 4.69) is 9.44 Å². The number of hydrogen-bond acceptors (Lipinski definition) is 5. The zero-order chi connectivity index (χ0) is 25.6. The van der Waals surface area contributed by atoms with Crippen LogP contribution in [0.3, 0.4) is 0 Å². The highest BCUT2D eigenvalue weighted by molar-refractivity contribution is 7.92. The molecule has 194 valence electrons. The predicted molar refractivity (Wildman–Crippen MR) is 140 cm³/mol. The molecule has 2 saturated carbocycles. The van der Waals surface area contributed by atoms with Gasteiger partial charge in [-0.05, 0) is 67.6 Å². The molecule has 2 aromatic rings. The fourth-order valence-corrected chi connectivity index (χ4v) is 7.97. The fraction of sp³-hybridized carbons (Fsp3) is 0.500. The van der Waals surface area contributed by atoms with Gasteiger partial charge in [0.05, 0.1) is 11.2 Å². The maximum absolute atomic E-state index is 13.8. The number of carbonyl (C=O) groups is 1. The first-order chi connectivity index (χ1) is 17.1. The summed E-state index contributed by atoms with van der Waals surface area (Å²) in [7, 11) is -7.15. The van der Waals surface area contributed by atoms with Crippen LogP contribution in [-0.4, -0.2) is 41.6 Å². The molecule has 5 rings (SSSR count). The summed E-state index contributed by atoms with van der Waals surface area (Å²) in [6.45, 7) is 0.501. The molecule has 0 radical (unpaired) electrons. The number of anilines is 2. The quantitative estimate of drug-likeness (QED) is 0.582. The summed E-state index contributed by atoms with van der Waals surface area (Å²) in [4.78, 5) is 15.6. The monoisotopic (exact) mass is 531 g/mol. The molecular weight excluding hydrogens is 498 g/mol. The van der Waals surface area contributed by atoms with Crippen LogP contribution in [0.4, 0.5) is 11.4 Å². The number of fused-ring (bicyclic) bond motifs is 2. The molecule has 0 unspecified atom stereocenters. The first-order valence-electron chi connectivity index (χ1n) is 12.6. The number of rotatable bonds is 6. The lowest BCUT2D eigenvalue weighted by Gasteiger charge is -2.34. The summed E-state index contributed by atoms with van der Waals surface area (Å²) in [6.07, 6.45) is 9.90. The van der Waals surface area contributed by atoms with Crippen molar-refractivity contribution in [3.05, 3.63) is 53.6 Å². The third-order valence-electron chi connectivity index (χ3n) is 7.75.